The number of carbonyl (C=O) groups excluding carboxylic acids is 1. The minimum absolute atomic E-state index is 0.0491. The molecule has 0 unspecified atom stereocenters. The number of halogens is 1. The van der Waals surface area contributed by atoms with Crippen LogP contribution in [0.25, 0.3) is 10.1 Å². The molecule has 0 fully saturated rings. The molecule has 0 aliphatic carbocycles. The number of rotatable bonds is 4. The quantitative estimate of drug-likeness (QED) is 0.647. The highest BCUT2D eigenvalue weighted by molar-refractivity contribution is 7.21. The van der Waals surface area contributed by atoms with Gasteiger partial charge in [0.05, 0.1) is 4.88 Å². The summed E-state index contributed by atoms with van der Waals surface area (Å²) in [5.41, 5.74) is 1.91. The Balaban J connectivity index is 1.96. The molecule has 0 spiro atoms. The zero-order valence-corrected chi connectivity index (χ0v) is 13.8. The lowest BCUT2D eigenvalue weighted by Gasteiger charge is -2.06. The topological polar surface area (TPSA) is 29.1 Å². The molecule has 0 aliphatic heterocycles. The van der Waals surface area contributed by atoms with Gasteiger partial charge in [0.15, 0.2) is 0 Å². The molecule has 1 aromatic heterocycles. The van der Waals surface area contributed by atoms with E-state index in [1.54, 1.807) is 23.5 Å². The van der Waals surface area contributed by atoms with Crippen molar-refractivity contribution < 1.29 is 4.79 Å². The number of anilines is 1. The first-order valence-corrected chi connectivity index (χ1v) is 8.46. The van der Waals surface area contributed by atoms with Crippen LogP contribution in [0.3, 0.4) is 0 Å². The molecule has 0 radical (unpaired) electrons. The van der Waals surface area contributed by atoms with Crippen molar-refractivity contribution in [2.24, 2.45) is 0 Å². The normalized spacial score (nSPS) is 10.8. The molecule has 4 heteroatoms. The lowest BCUT2D eigenvalue weighted by atomic mass is 10.1. The molecule has 0 bridgehead atoms. The van der Waals surface area contributed by atoms with Crippen LogP contribution in [0.4, 0.5) is 5.69 Å². The van der Waals surface area contributed by atoms with Crippen molar-refractivity contribution >= 4 is 44.6 Å². The Bertz CT molecular complexity index is 808. The van der Waals surface area contributed by atoms with E-state index in [9.17, 15) is 4.79 Å². The number of hydrogen-bond donors (Lipinski definition) is 1. The lowest BCUT2D eigenvalue weighted by molar-refractivity contribution is 0.103. The van der Waals surface area contributed by atoms with Gasteiger partial charge in [0.25, 0.3) is 5.91 Å². The van der Waals surface area contributed by atoms with Crippen LogP contribution >= 0.6 is 22.9 Å². The van der Waals surface area contributed by atoms with Crippen molar-refractivity contribution in [3.63, 3.8) is 0 Å². The summed E-state index contributed by atoms with van der Waals surface area (Å²) in [5.74, 6) is -0.0491. The van der Waals surface area contributed by atoms with Gasteiger partial charge in [-0.15, -0.1) is 11.3 Å². The molecule has 3 rings (SSSR count). The summed E-state index contributed by atoms with van der Waals surface area (Å²) in [7, 11) is 0. The molecule has 112 valence electrons. The maximum absolute atomic E-state index is 12.6. The van der Waals surface area contributed by atoms with E-state index in [1.165, 1.54) is 5.39 Å². The summed E-state index contributed by atoms with van der Waals surface area (Å²) in [6, 6.07) is 15.4. The molecular formula is C18H16ClNOS. The van der Waals surface area contributed by atoms with Gasteiger partial charge in [0, 0.05) is 15.4 Å². The number of carbonyl (C=O) groups is 1. The van der Waals surface area contributed by atoms with Gasteiger partial charge < -0.3 is 5.32 Å². The van der Waals surface area contributed by atoms with Crippen LogP contribution in [0.1, 0.15) is 28.6 Å². The van der Waals surface area contributed by atoms with Gasteiger partial charge in [0.1, 0.15) is 0 Å². The van der Waals surface area contributed by atoms with Crippen LogP contribution in [-0.2, 0) is 6.42 Å². The molecule has 1 heterocycles. The molecule has 1 amide bonds. The molecule has 3 aromatic rings. The van der Waals surface area contributed by atoms with Crippen LogP contribution in [0.15, 0.2) is 48.5 Å². The van der Waals surface area contributed by atoms with Crippen molar-refractivity contribution in [3.8, 4) is 0 Å². The fourth-order valence-corrected chi connectivity index (χ4v) is 3.77. The zero-order valence-electron chi connectivity index (χ0n) is 12.2. The predicted molar refractivity (Wildman–Crippen MR) is 95.2 cm³/mol. The lowest BCUT2D eigenvalue weighted by Crippen LogP contribution is -2.12. The first-order valence-electron chi connectivity index (χ1n) is 7.26. The molecule has 0 saturated carbocycles. The highest BCUT2D eigenvalue weighted by Gasteiger charge is 2.17. The Morgan fingerprint density at radius 3 is 2.59 bits per heavy atom. The van der Waals surface area contributed by atoms with Crippen LogP contribution in [0.5, 0.6) is 0 Å². The Morgan fingerprint density at radius 1 is 1.14 bits per heavy atom. The Morgan fingerprint density at radius 2 is 1.86 bits per heavy atom. The third-order valence-corrected chi connectivity index (χ3v) is 4.97. The molecule has 0 atom stereocenters. The second kappa shape index (κ2) is 6.51. The second-order valence-corrected chi connectivity index (χ2v) is 6.61. The van der Waals surface area contributed by atoms with E-state index >= 15 is 0 Å². The Hall–Kier alpha value is -1.84. The molecule has 2 nitrogen and oxygen atoms in total. The van der Waals surface area contributed by atoms with E-state index < -0.39 is 0 Å². The number of aryl methyl sites for hydroxylation is 1. The van der Waals surface area contributed by atoms with Crippen molar-refractivity contribution in [2.45, 2.75) is 19.8 Å². The van der Waals surface area contributed by atoms with E-state index in [1.807, 2.05) is 24.3 Å². The number of benzene rings is 2. The molecular weight excluding hydrogens is 314 g/mol. The fraction of sp³-hybridized carbons (Fsp3) is 0.167. The highest BCUT2D eigenvalue weighted by atomic mass is 35.5. The number of amides is 1. The van der Waals surface area contributed by atoms with E-state index in [0.29, 0.717) is 5.02 Å². The van der Waals surface area contributed by atoms with Gasteiger partial charge in [-0.05, 0) is 47.7 Å². The highest BCUT2D eigenvalue weighted by Crippen LogP contribution is 2.32. The summed E-state index contributed by atoms with van der Waals surface area (Å²) < 4.78 is 1.16. The number of hydrogen-bond acceptors (Lipinski definition) is 2. The number of nitrogens with one attached hydrogen (secondary N) is 1. The van der Waals surface area contributed by atoms with E-state index in [0.717, 1.165) is 33.7 Å². The Kier molecular flexibility index (Phi) is 4.46. The summed E-state index contributed by atoms with van der Waals surface area (Å²) in [6.07, 6.45) is 1.93. The minimum Gasteiger partial charge on any atom is -0.321 e. The van der Waals surface area contributed by atoms with Gasteiger partial charge in [-0.2, -0.15) is 0 Å². The van der Waals surface area contributed by atoms with Crippen molar-refractivity contribution in [2.75, 3.05) is 5.32 Å². The van der Waals surface area contributed by atoms with E-state index in [2.05, 4.69) is 24.4 Å². The first kappa shape index (κ1) is 15.1. The average Bonchev–Trinajstić information content (AvgIpc) is 2.89. The largest absolute Gasteiger partial charge is 0.321 e. The van der Waals surface area contributed by atoms with Crippen LogP contribution in [-0.4, -0.2) is 5.91 Å². The maximum atomic E-state index is 12.6. The van der Waals surface area contributed by atoms with Crippen molar-refractivity contribution in [1.29, 1.82) is 0 Å². The predicted octanol–water partition coefficient (Wildman–Crippen LogP) is 5.76. The smallest absolute Gasteiger partial charge is 0.266 e. The zero-order chi connectivity index (χ0) is 15.5. The number of fused-ring (bicyclic) bond motifs is 1. The fourth-order valence-electron chi connectivity index (χ4n) is 2.50. The standard InChI is InChI=1S/C18H16ClNOS/c1-2-5-15-14-6-3-4-7-16(14)22-17(15)18(21)20-13-10-8-12(19)9-11-13/h3-4,6-11H,2,5H2,1H3,(H,20,21). The average molecular weight is 330 g/mol. The van der Waals surface area contributed by atoms with Gasteiger partial charge in [0.2, 0.25) is 0 Å². The van der Waals surface area contributed by atoms with E-state index in [4.69, 9.17) is 11.6 Å². The van der Waals surface area contributed by atoms with Gasteiger partial charge in [-0.25, -0.2) is 0 Å². The summed E-state index contributed by atoms with van der Waals surface area (Å²) >= 11 is 7.43. The third kappa shape index (κ3) is 3.01. The van der Waals surface area contributed by atoms with Gasteiger partial charge in [-0.1, -0.05) is 43.1 Å². The molecule has 22 heavy (non-hydrogen) atoms. The van der Waals surface area contributed by atoms with Gasteiger partial charge >= 0.3 is 0 Å². The summed E-state index contributed by atoms with van der Waals surface area (Å²) in [5, 5.41) is 4.81. The Labute approximate surface area is 138 Å². The second-order valence-electron chi connectivity index (χ2n) is 5.12. The molecule has 0 aliphatic rings. The summed E-state index contributed by atoms with van der Waals surface area (Å²) in [6.45, 7) is 2.13. The number of thiophene rings is 1. The molecule has 1 N–H and O–H groups in total. The van der Waals surface area contributed by atoms with Crippen LogP contribution < -0.4 is 5.32 Å². The van der Waals surface area contributed by atoms with Gasteiger partial charge in [-0.3, -0.25) is 4.79 Å². The van der Waals surface area contributed by atoms with Crippen molar-refractivity contribution in [1.82, 2.24) is 0 Å². The van der Waals surface area contributed by atoms with Crippen molar-refractivity contribution in [3.05, 3.63) is 64.0 Å². The van der Waals surface area contributed by atoms with Crippen LogP contribution in [0.2, 0.25) is 5.02 Å². The van der Waals surface area contributed by atoms with E-state index in [-0.39, 0.29) is 5.91 Å². The molecule has 0 saturated heterocycles. The van der Waals surface area contributed by atoms with Crippen LogP contribution in [0, 0.1) is 0 Å². The first-order chi connectivity index (χ1) is 10.7. The summed E-state index contributed by atoms with van der Waals surface area (Å²) in [4.78, 5) is 13.4. The third-order valence-electron chi connectivity index (χ3n) is 3.51. The minimum atomic E-state index is -0.0491. The molecule has 2 aromatic carbocycles. The SMILES string of the molecule is CCCc1c(C(=O)Nc2ccc(Cl)cc2)sc2ccccc12. The monoisotopic (exact) mass is 329 g/mol. The maximum Gasteiger partial charge on any atom is 0.266 e.